The topological polar surface area (TPSA) is 111 Å². The highest BCUT2D eigenvalue weighted by Gasteiger charge is 2.15. The molecule has 0 bridgehead atoms. The van der Waals surface area contributed by atoms with Gasteiger partial charge < -0.3 is 15.8 Å². The number of thioether (sulfide) groups is 1. The van der Waals surface area contributed by atoms with Crippen LogP contribution in [-0.4, -0.2) is 35.9 Å². The molecule has 0 saturated heterocycles. The van der Waals surface area contributed by atoms with Crippen LogP contribution in [0.4, 0.5) is 0 Å². The molecule has 9 heteroatoms. The summed E-state index contributed by atoms with van der Waals surface area (Å²) in [4.78, 5) is 38.6. The van der Waals surface area contributed by atoms with E-state index >= 15 is 0 Å². The summed E-state index contributed by atoms with van der Waals surface area (Å²) < 4.78 is 5.92. The maximum absolute atomic E-state index is 12.2. The minimum absolute atomic E-state index is 0.295. The van der Waals surface area contributed by atoms with E-state index < -0.39 is 24.4 Å². The van der Waals surface area contributed by atoms with Gasteiger partial charge in [-0.1, -0.05) is 30.0 Å². The molecule has 0 saturated carbocycles. The molecule has 0 aliphatic rings. The van der Waals surface area contributed by atoms with Crippen molar-refractivity contribution in [1.82, 2.24) is 10.3 Å². The molecule has 25 heavy (non-hydrogen) atoms. The molecule has 0 unspecified atom stereocenters. The van der Waals surface area contributed by atoms with Crippen molar-refractivity contribution in [3.8, 4) is 0 Å². The van der Waals surface area contributed by atoms with Crippen LogP contribution < -0.4 is 11.1 Å². The number of hydrogen-bond donors (Lipinski definition) is 2. The number of nitrogens with one attached hydrogen (secondary N) is 1. The third-order valence-corrected chi connectivity index (χ3v) is 5.17. The van der Waals surface area contributed by atoms with Crippen molar-refractivity contribution >= 4 is 40.9 Å². The lowest BCUT2D eigenvalue weighted by Crippen LogP contribution is -2.36. The molecule has 7 nitrogen and oxygen atoms in total. The third-order valence-electron chi connectivity index (χ3n) is 2.98. The molecule has 1 aromatic heterocycles. The van der Waals surface area contributed by atoms with Gasteiger partial charge in [0.05, 0.1) is 12.1 Å². The minimum atomic E-state index is -0.667. The molecule has 0 radical (unpaired) electrons. The number of carbonyl (C=O) groups is 3. The van der Waals surface area contributed by atoms with Gasteiger partial charge in [-0.15, -0.1) is 11.3 Å². The van der Waals surface area contributed by atoms with Gasteiger partial charge in [0.1, 0.15) is 4.34 Å². The van der Waals surface area contributed by atoms with Crippen molar-refractivity contribution < 1.29 is 19.1 Å². The van der Waals surface area contributed by atoms with Crippen LogP contribution >= 0.6 is 23.1 Å². The fourth-order valence-corrected chi connectivity index (χ4v) is 3.68. The van der Waals surface area contributed by atoms with E-state index in [0.717, 1.165) is 15.6 Å². The highest BCUT2D eigenvalue weighted by atomic mass is 32.2. The van der Waals surface area contributed by atoms with E-state index in [1.54, 1.807) is 23.5 Å². The Morgan fingerprint density at radius 2 is 2.08 bits per heavy atom. The molecule has 0 aliphatic heterocycles. The van der Waals surface area contributed by atoms with Gasteiger partial charge in [0.25, 0.3) is 5.91 Å². The predicted molar refractivity (Wildman–Crippen MR) is 95.3 cm³/mol. The Balaban J connectivity index is 1.93. The predicted octanol–water partition coefficient (Wildman–Crippen LogP) is 1.50. The number of aromatic nitrogens is 1. The molecule has 0 spiro atoms. The lowest BCUT2D eigenvalue weighted by Gasteiger charge is -2.09. The number of ether oxygens (including phenoxy) is 1. The van der Waals surface area contributed by atoms with E-state index in [1.807, 2.05) is 24.4 Å². The molecule has 2 amide bonds. The van der Waals surface area contributed by atoms with Crippen molar-refractivity contribution in [2.45, 2.75) is 17.0 Å². The second kappa shape index (κ2) is 9.19. The van der Waals surface area contributed by atoms with E-state index in [1.165, 1.54) is 11.8 Å². The first-order valence-corrected chi connectivity index (χ1v) is 9.17. The molecule has 1 aromatic carbocycles. The minimum Gasteiger partial charge on any atom is -0.452 e. The van der Waals surface area contributed by atoms with Gasteiger partial charge in [0.15, 0.2) is 6.61 Å². The molecule has 2 aromatic rings. The van der Waals surface area contributed by atoms with E-state index in [4.69, 9.17) is 10.5 Å². The van der Waals surface area contributed by atoms with Gasteiger partial charge in [0.2, 0.25) is 5.91 Å². The highest BCUT2D eigenvalue weighted by molar-refractivity contribution is 8.00. The van der Waals surface area contributed by atoms with E-state index in [2.05, 4.69) is 10.3 Å². The van der Waals surface area contributed by atoms with E-state index in [0.29, 0.717) is 11.3 Å². The van der Waals surface area contributed by atoms with Crippen molar-refractivity contribution in [3.63, 3.8) is 0 Å². The lowest BCUT2D eigenvalue weighted by atomic mass is 10.1. The zero-order valence-corrected chi connectivity index (χ0v) is 15.1. The van der Waals surface area contributed by atoms with Crippen LogP contribution in [0.2, 0.25) is 0 Å². The zero-order chi connectivity index (χ0) is 18.2. The summed E-state index contributed by atoms with van der Waals surface area (Å²) >= 11 is 3.08. The molecule has 0 fully saturated rings. The summed E-state index contributed by atoms with van der Waals surface area (Å²) in [5.41, 5.74) is 7.07. The molecule has 0 aliphatic carbocycles. The number of nitrogens with two attached hydrogens (primary N) is 1. The molecule has 3 N–H and O–H groups in total. The number of esters is 1. The Kier molecular flexibility index (Phi) is 6.96. The molecule has 1 heterocycles. The summed E-state index contributed by atoms with van der Waals surface area (Å²) in [7, 11) is 0. The zero-order valence-electron chi connectivity index (χ0n) is 13.5. The summed E-state index contributed by atoms with van der Waals surface area (Å²) in [5, 5.41) is 4.22. The Bertz CT molecular complexity index is 776. The van der Waals surface area contributed by atoms with Crippen LogP contribution in [0.5, 0.6) is 0 Å². The SMILES string of the molecule is Cc1csc(SCc2ccccc2C(=O)OCC(=O)NCC(N)=O)n1. The molecule has 132 valence electrons. The molecule has 2 rings (SSSR count). The van der Waals surface area contributed by atoms with Gasteiger partial charge in [-0.3, -0.25) is 9.59 Å². The van der Waals surface area contributed by atoms with E-state index in [-0.39, 0.29) is 6.54 Å². The maximum atomic E-state index is 12.2. The van der Waals surface area contributed by atoms with Crippen molar-refractivity contribution in [3.05, 3.63) is 46.5 Å². The number of rotatable bonds is 8. The van der Waals surface area contributed by atoms with Crippen molar-refractivity contribution in [2.24, 2.45) is 5.73 Å². The Morgan fingerprint density at radius 1 is 1.32 bits per heavy atom. The Hall–Kier alpha value is -2.39. The first-order chi connectivity index (χ1) is 12.0. The fraction of sp³-hybridized carbons (Fsp3) is 0.250. The number of amides is 2. The van der Waals surface area contributed by atoms with E-state index in [9.17, 15) is 14.4 Å². The number of thiazole rings is 1. The Morgan fingerprint density at radius 3 is 2.76 bits per heavy atom. The number of hydrogen-bond acceptors (Lipinski definition) is 7. The first-order valence-electron chi connectivity index (χ1n) is 7.30. The van der Waals surface area contributed by atoms with Gasteiger partial charge in [0, 0.05) is 16.8 Å². The van der Waals surface area contributed by atoms with Crippen LogP contribution in [0.15, 0.2) is 34.0 Å². The summed E-state index contributed by atoms with van der Waals surface area (Å²) in [6.45, 7) is 1.16. The van der Waals surface area contributed by atoms with Crippen LogP contribution in [0.25, 0.3) is 0 Å². The number of benzene rings is 1. The monoisotopic (exact) mass is 379 g/mol. The summed E-state index contributed by atoms with van der Waals surface area (Å²) in [5.74, 6) is -1.29. The number of carbonyl (C=O) groups excluding carboxylic acids is 3. The average molecular weight is 379 g/mol. The summed E-state index contributed by atoms with van der Waals surface area (Å²) in [6.07, 6.45) is 0. The van der Waals surface area contributed by atoms with Crippen LogP contribution in [0, 0.1) is 6.92 Å². The Labute approximate surface area is 153 Å². The van der Waals surface area contributed by atoms with Crippen LogP contribution in [0.3, 0.4) is 0 Å². The van der Waals surface area contributed by atoms with Gasteiger partial charge in [-0.25, -0.2) is 9.78 Å². The third kappa shape index (κ3) is 6.20. The largest absolute Gasteiger partial charge is 0.452 e. The normalized spacial score (nSPS) is 10.3. The quantitative estimate of drug-likeness (QED) is 0.531. The number of primary amides is 1. The van der Waals surface area contributed by atoms with Crippen LogP contribution in [0.1, 0.15) is 21.6 Å². The summed E-state index contributed by atoms with van der Waals surface area (Å²) in [6, 6.07) is 7.04. The number of aryl methyl sites for hydroxylation is 1. The van der Waals surface area contributed by atoms with Gasteiger partial charge >= 0.3 is 5.97 Å². The highest BCUT2D eigenvalue weighted by Crippen LogP contribution is 2.27. The standard InChI is InChI=1S/C16H17N3O4S2/c1-10-8-24-16(19-10)25-9-11-4-2-3-5-12(11)15(22)23-7-14(21)18-6-13(17)20/h2-5,8H,6-7,9H2,1H3,(H2,17,20)(H,18,21). The van der Waals surface area contributed by atoms with Gasteiger partial charge in [-0.2, -0.15) is 0 Å². The maximum Gasteiger partial charge on any atom is 0.338 e. The first kappa shape index (κ1) is 18.9. The van der Waals surface area contributed by atoms with Crippen molar-refractivity contribution in [2.75, 3.05) is 13.2 Å². The molecular weight excluding hydrogens is 362 g/mol. The number of nitrogens with zero attached hydrogens (tertiary/aromatic N) is 1. The lowest BCUT2D eigenvalue weighted by molar-refractivity contribution is -0.127. The molecular formula is C16H17N3O4S2. The van der Waals surface area contributed by atoms with Crippen LogP contribution in [-0.2, 0) is 20.1 Å². The van der Waals surface area contributed by atoms with Crippen molar-refractivity contribution in [1.29, 1.82) is 0 Å². The smallest absolute Gasteiger partial charge is 0.338 e. The second-order valence-electron chi connectivity index (χ2n) is 5.02. The fourth-order valence-electron chi connectivity index (χ4n) is 1.83. The second-order valence-corrected chi connectivity index (χ2v) is 7.10. The molecule has 0 atom stereocenters. The van der Waals surface area contributed by atoms with Gasteiger partial charge in [-0.05, 0) is 18.6 Å². The average Bonchev–Trinajstić information content (AvgIpc) is 3.01.